The predicted molar refractivity (Wildman–Crippen MR) is 94.4 cm³/mol. The number of carbonyl (C=O) groups is 1. The second-order valence-electron chi connectivity index (χ2n) is 5.96. The second-order valence-corrected chi connectivity index (χ2v) is 7.73. The van der Waals surface area contributed by atoms with Crippen molar-refractivity contribution < 1.29 is 13.2 Å². The monoisotopic (exact) mass is 351 g/mol. The number of sulfonamides is 1. The highest BCUT2D eigenvalue weighted by Crippen LogP contribution is 2.19. The summed E-state index contributed by atoms with van der Waals surface area (Å²) in [7, 11) is -1.69. The maximum absolute atomic E-state index is 12.6. The zero-order valence-electron chi connectivity index (χ0n) is 14.0. The SMILES string of the molecule is C=CCNS(=O)(=O)c1cccc(C(=O)N2CCC(CNC)CC2)c1. The van der Waals surface area contributed by atoms with E-state index in [1.165, 1.54) is 18.2 Å². The third-order valence-electron chi connectivity index (χ3n) is 4.20. The molecule has 1 fully saturated rings. The molecule has 0 radical (unpaired) electrons. The maximum Gasteiger partial charge on any atom is 0.253 e. The summed E-state index contributed by atoms with van der Waals surface area (Å²) in [5.74, 6) is 0.479. The van der Waals surface area contributed by atoms with Gasteiger partial charge in [-0.1, -0.05) is 12.1 Å². The number of piperidine rings is 1. The lowest BCUT2D eigenvalue weighted by Gasteiger charge is -2.32. The molecule has 1 heterocycles. The Hall–Kier alpha value is -1.70. The van der Waals surface area contributed by atoms with Gasteiger partial charge in [0.1, 0.15) is 0 Å². The van der Waals surface area contributed by atoms with E-state index in [1.807, 2.05) is 7.05 Å². The minimum atomic E-state index is -3.63. The molecule has 1 saturated heterocycles. The van der Waals surface area contributed by atoms with E-state index in [1.54, 1.807) is 17.0 Å². The van der Waals surface area contributed by atoms with Crippen molar-refractivity contribution >= 4 is 15.9 Å². The fourth-order valence-electron chi connectivity index (χ4n) is 2.86. The molecule has 1 aliphatic rings. The molecule has 0 atom stereocenters. The van der Waals surface area contributed by atoms with Crippen LogP contribution in [-0.2, 0) is 10.0 Å². The van der Waals surface area contributed by atoms with Gasteiger partial charge in [0, 0.05) is 25.2 Å². The van der Waals surface area contributed by atoms with Gasteiger partial charge in [0.05, 0.1) is 4.90 Å². The van der Waals surface area contributed by atoms with E-state index in [0.29, 0.717) is 24.6 Å². The molecule has 0 bridgehead atoms. The summed E-state index contributed by atoms with van der Waals surface area (Å²) in [5, 5.41) is 3.17. The van der Waals surface area contributed by atoms with Crippen molar-refractivity contribution in [2.45, 2.75) is 17.7 Å². The standard InChI is InChI=1S/C17H25N3O3S/c1-3-9-19-24(22,23)16-6-4-5-15(12-16)17(21)20-10-7-14(8-11-20)13-18-2/h3-6,12,14,18-19H,1,7-11,13H2,2H3. The molecule has 6 nitrogen and oxygen atoms in total. The van der Waals surface area contributed by atoms with Crippen LogP contribution in [0.2, 0.25) is 0 Å². The average Bonchev–Trinajstić information content (AvgIpc) is 2.60. The highest BCUT2D eigenvalue weighted by molar-refractivity contribution is 7.89. The normalized spacial score (nSPS) is 16.1. The van der Waals surface area contributed by atoms with Gasteiger partial charge < -0.3 is 10.2 Å². The fourth-order valence-corrected chi connectivity index (χ4v) is 3.90. The molecule has 1 amide bonds. The number of nitrogens with zero attached hydrogens (tertiary/aromatic N) is 1. The number of nitrogens with one attached hydrogen (secondary N) is 2. The first kappa shape index (κ1) is 18.6. The fraction of sp³-hybridized carbons (Fsp3) is 0.471. The molecule has 1 aliphatic heterocycles. The molecule has 132 valence electrons. The van der Waals surface area contributed by atoms with E-state index in [2.05, 4.69) is 16.6 Å². The summed E-state index contributed by atoms with van der Waals surface area (Å²) in [5.41, 5.74) is 0.406. The van der Waals surface area contributed by atoms with Crippen molar-refractivity contribution in [2.75, 3.05) is 33.2 Å². The Morgan fingerprint density at radius 1 is 1.38 bits per heavy atom. The van der Waals surface area contributed by atoms with Crippen LogP contribution in [0.3, 0.4) is 0 Å². The molecule has 0 aromatic heterocycles. The highest BCUT2D eigenvalue weighted by Gasteiger charge is 2.24. The van der Waals surface area contributed by atoms with Crippen LogP contribution in [0.5, 0.6) is 0 Å². The van der Waals surface area contributed by atoms with Gasteiger partial charge in [-0.25, -0.2) is 13.1 Å². The molecule has 2 N–H and O–H groups in total. The van der Waals surface area contributed by atoms with Crippen LogP contribution in [0, 0.1) is 5.92 Å². The van der Waals surface area contributed by atoms with Crippen molar-refractivity contribution in [1.29, 1.82) is 0 Å². The van der Waals surface area contributed by atoms with Gasteiger partial charge in [0.15, 0.2) is 0 Å². The molecule has 1 aromatic rings. The third-order valence-corrected chi connectivity index (χ3v) is 5.62. The summed E-state index contributed by atoms with van der Waals surface area (Å²) in [6.07, 6.45) is 3.40. The van der Waals surface area contributed by atoms with Crippen molar-refractivity contribution in [3.8, 4) is 0 Å². The largest absolute Gasteiger partial charge is 0.339 e. The number of rotatable bonds is 7. The Bertz CT molecular complexity index is 680. The topological polar surface area (TPSA) is 78.5 Å². The van der Waals surface area contributed by atoms with E-state index in [9.17, 15) is 13.2 Å². The highest BCUT2D eigenvalue weighted by atomic mass is 32.2. The Kier molecular flexibility index (Phi) is 6.53. The summed E-state index contributed by atoms with van der Waals surface area (Å²) < 4.78 is 26.7. The van der Waals surface area contributed by atoms with Crippen LogP contribution in [0.25, 0.3) is 0 Å². The Morgan fingerprint density at radius 2 is 2.08 bits per heavy atom. The molecule has 7 heteroatoms. The number of carbonyl (C=O) groups excluding carboxylic acids is 1. The zero-order valence-corrected chi connectivity index (χ0v) is 14.8. The lowest BCUT2D eigenvalue weighted by molar-refractivity contribution is 0.0690. The number of benzene rings is 1. The van der Waals surface area contributed by atoms with E-state index >= 15 is 0 Å². The van der Waals surface area contributed by atoms with Gasteiger partial charge in [0.2, 0.25) is 10.0 Å². The van der Waals surface area contributed by atoms with Crippen LogP contribution in [0.1, 0.15) is 23.2 Å². The van der Waals surface area contributed by atoms with E-state index in [4.69, 9.17) is 0 Å². The van der Waals surface area contributed by atoms with Crippen LogP contribution in [0.15, 0.2) is 41.8 Å². The maximum atomic E-state index is 12.6. The van der Waals surface area contributed by atoms with Crippen molar-refractivity contribution in [1.82, 2.24) is 14.9 Å². The molecular formula is C17H25N3O3S. The summed E-state index contributed by atoms with van der Waals surface area (Å²) >= 11 is 0. The molecule has 0 aliphatic carbocycles. The number of hydrogen-bond donors (Lipinski definition) is 2. The zero-order chi connectivity index (χ0) is 17.6. The van der Waals surface area contributed by atoms with E-state index in [-0.39, 0.29) is 17.3 Å². The number of amides is 1. The minimum absolute atomic E-state index is 0.0975. The summed E-state index contributed by atoms with van der Waals surface area (Å²) in [4.78, 5) is 14.5. The molecule has 0 spiro atoms. The van der Waals surface area contributed by atoms with Gasteiger partial charge in [-0.05, 0) is 50.6 Å². The van der Waals surface area contributed by atoms with Crippen molar-refractivity contribution in [3.05, 3.63) is 42.5 Å². The lowest BCUT2D eigenvalue weighted by atomic mass is 9.96. The molecule has 24 heavy (non-hydrogen) atoms. The smallest absolute Gasteiger partial charge is 0.253 e. The van der Waals surface area contributed by atoms with Crippen molar-refractivity contribution in [2.24, 2.45) is 5.92 Å². The average molecular weight is 351 g/mol. The van der Waals surface area contributed by atoms with Gasteiger partial charge in [-0.2, -0.15) is 0 Å². The minimum Gasteiger partial charge on any atom is -0.339 e. The van der Waals surface area contributed by atoms with E-state index < -0.39 is 10.0 Å². The third kappa shape index (κ3) is 4.66. The van der Waals surface area contributed by atoms with Gasteiger partial charge in [-0.15, -0.1) is 6.58 Å². The van der Waals surface area contributed by atoms with Crippen LogP contribution in [0.4, 0.5) is 0 Å². The first-order valence-corrected chi connectivity index (χ1v) is 9.60. The van der Waals surface area contributed by atoms with Crippen LogP contribution < -0.4 is 10.0 Å². The van der Waals surface area contributed by atoms with Crippen molar-refractivity contribution in [3.63, 3.8) is 0 Å². The predicted octanol–water partition coefficient (Wildman–Crippen LogP) is 1.22. The van der Waals surface area contributed by atoms with Crippen LogP contribution in [-0.4, -0.2) is 52.5 Å². The Labute approximate surface area is 144 Å². The first-order chi connectivity index (χ1) is 11.5. The lowest BCUT2D eigenvalue weighted by Crippen LogP contribution is -2.40. The van der Waals surface area contributed by atoms with E-state index in [0.717, 1.165) is 19.4 Å². The second kappa shape index (κ2) is 8.41. The quantitative estimate of drug-likeness (QED) is 0.724. The molecule has 1 aromatic carbocycles. The summed E-state index contributed by atoms with van der Waals surface area (Å²) in [6.45, 7) is 6.02. The Morgan fingerprint density at radius 3 is 2.71 bits per heavy atom. The Balaban J connectivity index is 2.08. The molecule has 0 saturated carbocycles. The first-order valence-electron chi connectivity index (χ1n) is 8.12. The number of likely N-dealkylation sites (tertiary alicyclic amines) is 1. The summed E-state index contributed by atoms with van der Waals surface area (Å²) in [6, 6.07) is 6.19. The molecular weight excluding hydrogens is 326 g/mol. The number of hydrogen-bond acceptors (Lipinski definition) is 4. The molecule has 0 unspecified atom stereocenters. The van der Waals surface area contributed by atoms with Gasteiger partial charge in [-0.3, -0.25) is 4.79 Å². The molecule has 2 rings (SSSR count). The van der Waals surface area contributed by atoms with Crippen LogP contribution >= 0.6 is 0 Å². The van der Waals surface area contributed by atoms with Gasteiger partial charge in [0.25, 0.3) is 5.91 Å². The van der Waals surface area contributed by atoms with Gasteiger partial charge >= 0.3 is 0 Å².